The Morgan fingerprint density at radius 1 is 1.31 bits per heavy atom. The topological polar surface area (TPSA) is 55.6 Å². The zero-order chi connectivity index (χ0) is 18.9. The van der Waals surface area contributed by atoms with Gasteiger partial charge in [-0.05, 0) is 49.8 Å². The van der Waals surface area contributed by atoms with E-state index in [1.807, 2.05) is 36.1 Å². The molecule has 0 spiro atoms. The molecule has 0 saturated heterocycles. The van der Waals surface area contributed by atoms with Gasteiger partial charge in [-0.3, -0.25) is 4.79 Å². The van der Waals surface area contributed by atoms with Crippen molar-refractivity contribution in [2.75, 3.05) is 19.7 Å². The molecule has 2 N–H and O–H groups in total. The van der Waals surface area contributed by atoms with Gasteiger partial charge in [0.15, 0.2) is 0 Å². The lowest BCUT2D eigenvalue weighted by Crippen LogP contribution is -2.76. The molecule has 0 aliphatic heterocycles. The zero-order valence-corrected chi connectivity index (χ0v) is 16.9. The van der Waals surface area contributed by atoms with Crippen LogP contribution in [-0.2, 0) is 16.0 Å². The fourth-order valence-corrected chi connectivity index (χ4v) is 4.01. The Kier molecular flexibility index (Phi) is 5.66. The number of carbonyl (C=O) groups is 1. The number of halogens is 1. The summed E-state index contributed by atoms with van der Waals surface area (Å²) in [6.45, 7) is 8.28. The Morgan fingerprint density at radius 3 is 2.50 bits per heavy atom. The first-order valence-electron chi connectivity index (χ1n) is 9.72. The summed E-state index contributed by atoms with van der Waals surface area (Å²) in [7, 11) is 0. The fraction of sp³-hybridized carbons (Fsp3) is 0.667. The minimum Gasteiger partial charge on any atom is -0.378 e. The maximum Gasteiger partial charge on any atom is 0.243 e. The maximum absolute atomic E-state index is 13.4. The molecule has 0 radical (unpaired) electrons. The molecule has 4 nitrogen and oxygen atoms in total. The van der Waals surface area contributed by atoms with E-state index in [0.717, 1.165) is 18.0 Å². The van der Waals surface area contributed by atoms with Crippen molar-refractivity contribution in [1.29, 1.82) is 0 Å². The molecular weight excluding hydrogens is 348 g/mol. The van der Waals surface area contributed by atoms with Gasteiger partial charge in [0.2, 0.25) is 5.91 Å². The standard InChI is InChI=1S/C21H31ClN2O2/c1-4-26-18-13-21(23,20(18,2)3)19(25)24(14-16-5-6-16)12-11-15-7-9-17(22)10-8-15/h7-10,16,18H,4-6,11-14,23H2,1-3H3. The van der Waals surface area contributed by atoms with Gasteiger partial charge in [-0.15, -0.1) is 0 Å². The Balaban J connectivity index is 1.68. The maximum atomic E-state index is 13.4. The summed E-state index contributed by atoms with van der Waals surface area (Å²) in [6.07, 6.45) is 3.91. The van der Waals surface area contributed by atoms with E-state index in [9.17, 15) is 4.79 Å². The van der Waals surface area contributed by atoms with Crippen molar-refractivity contribution in [2.45, 2.75) is 58.1 Å². The predicted octanol–water partition coefficient (Wildman–Crippen LogP) is 3.65. The van der Waals surface area contributed by atoms with Crippen molar-refractivity contribution in [3.63, 3.8) is 0 Å². The van der Waals surface area contributed by atoms with Crippen molar-refractivity contribution in [1.82, 2.24) is 4.90 Å². The number of amides is 1. The summed E-state index contributed by atoms with van der Waals surface area (Å²) < 4.78 is 5.79. The molecule has 144 valence electrons. The number of hydrogen-bond acceptors (Lipinski definition) is 3. The lowest BCUT2D eigenvalue weighted by Gasteiger charge is -2.58. The van der Waals surface area contributed by atoms with Crippen molar-refractivity contribution >= 4 is 17.5 Å². The van der Waals surface area contributed by atoms with Gasteiger partial charge in [-0.25, -0.2) is 0 Å². The van der Waals surface area contributed by atoms with Crippen LogP contribution in [0.15, 0.2) is 24.3 Å². The van der Waals surface area contributed by atoms with E-state index in [0.29, 0.717) is 25.5 Å². The molecule has 3 rings (SSSR count). The molecule has 0 heterocycles. The van der Waals surface area contributed by atoms with Gasteiger partial charge in [0, 0.05) is 36.6 Å². The van der Waals surface area contributed by atoms with Gasteiger partial charge in [0.25, 0.3) is 0 Å². The van der Waals surface area contributed by atoms with Crippen LogP contribution in [0.5, 0.6) is 0 Å². The van der Waals surface area contributed by atoms with Crippen molar-refractivity contribution in [2.24, 2.45) is 17.1 Å². The summed E-state index contributed by atoms with van der Waals surface area (Å²) in [6, 6.07) is 7.85. The fourth-order valence-electron chi connectivity index (χ4n) is 3.88. The molecule has 0 bridgehead atoms. The smallest absolute Gasteiger partial charge is 0.243 e. The van der Waals surface area contributed by atoms with Crippen LogP contribution >= 0.6 is 11.6 Å². The lowest BCUT2D eigenvalue weighted by atomic mass is 9.54. The van der Waals surface area contributed by atoms with Crippen LogP contribution in [0.4, 0.5) is 0 Å². The highest BCUT2D eigenvalue weighted by Crippen LogP contribution is 2.50. The molecule has 26 heavy (non-hydrogen) atoms. The van der Waals surface area contributed by atoms with Gasteiger partial charge < -0.3 is 15.4 Å². The number of rotatable bonds is 8. The molecule has 2 saturated carbocycles. The average molecular weight is 379 g/mol. The van der Waals surface area contributed by atoms with Gasteiger partial charge >= 0.3 is 0 Å². The van der Waals surface area contributed by atoms with Crippen molar-refractivity contribution in [3.8, 4) is 0 Å². The highest BCUT2D eigenvalue weighted by Gasteiger charge is 2.63. The quantitative estimate of drug-likeness (QED) is 0.751. The third-order valence-electron chi connectivity index (χ3n) is 6.26. The number of nitrogens with zero attached hydrogens (tertiary/aromatic N) is 1. The Hall–Kier alpha value is -1.10. The second kappa shape index (κ2) is 7.49. The van der Waals surface area contributed by atoms with Crippen LogP contribution in [0.3, 0.4) is 0 Å². The summed E-state index contributed by atoms with van der Waals surface area (Å²) in [5.74, 6) is 0.720. The Labute approximate surface area is 162 Å². The third-order valence-corrected chi connectivity index (χ3v) is 6.51. The zero-order valence-electron chi connectivity index (χ0n) is 16.1. The second-order valence-corrected chi connectivity index (χ2v) is 8.85. The van der Waals surface area contributed by atoms with E-state index in [2.05, 4.69) is 13.8 Å². The van der Waals surface area contributed by atoms with E-state index in [1.54, 1.807) is 0 Å². The van der Waals surface area contributed by atoms with E-state index >= 15 is 0 Å². The van der Waals surface area contributed by atoms with Gasteiger partial charge in [0.1, 0.15) is 5.54 Å². The summed E-state index contributed by atoms with van der Waals surface area (Å²) >= 11 is 5.97. The first kappa shape index (κ1) is 19.7. The SMILES string of the molecule is CCOC1CC(N)(C(=O)N(CCc2ccc(Cl)cc2)CC2CC2)C1(C)C. The molecule has 1 aromatic carbocycles. The molecule has 2 aliphatic carbocycles. The first-order chi connectivity index (χ1) is 12.3. The van der Waals surface area contributed by atoms with Crippen molar-refractivity contribution < 1.29 is 9.53 Å². The highest BCUT2D eigenvalue weighted by atomic mass is 35.5. The van der Waals surface area contributed by atoms with Crippen LogP contribution in [0.2, 0.25) is 5.02 Å². The van der Waals surface area contributed by atoms with Crippen LogP contribution in [0.25, 0.3) is 0 Å². The molecule has 5 heteroatoms. The largest absolute Gasteiger partial charge is 0.378 e. The van der Waals surface area contributed by atoms with Crippen LogP contribution in [-0.4, -0.2) is 42.1 Å². The number of hydrogen-bond donors (Lipinski definition) is 1. The van der Waals surface area contributed by atoms with Crippen molar-refractivity contribution in [3.05, 3.63) is 34.9 Å². The van der Waals surface area contributed by atoms with Gasteiger partial charge in [0.05, 0.1) is 6.10 Å². The first-order valence-corrected chi connectivity index (χ1v) is 10.1. The molecule has 1 aromatic rings. The predicted molar refractivity (Wildman–Crippen MR) is 105 cm³/mol. The van der Waals surface area contributed by atoms with E-state index in [4.69, 9.17) is 22.1 Å². The molecule has 1 amide bonds. The summed E-state index contributed by atoms with van der Waals surface area (Å²) in [5.41, 5.74) is 6.65. The minimum absolute atomic E-state index is 0.0560. The van der Waals surface area contributed by atoms with Crippen LogP contribution < -0.4 is 5.73 Å². The third kappa shape index (κ3) is 3.78. The van der Waals surface area contributed by atoms with Crippen LogP contribution in [0.1, 0.15) is 45.6 Å². The van der Waals surface area contributed by atoms with E-state index in [1.165, 1.54) is 18.4 Å². The molecular formula is C21H31ClN2O2. The molecule has 2 unspecified atom stereocenters. The van der Waals surface area contributed by atoms with Gasteiger partial charge in [-0.2, -0.15) is 0 Å². The average Bonchev–Trinajstić information content (AvgIpc) is 3.43. The minimum atomic E-state index is -0.832. The highest BCUT2D eigenvalue weighted by molar-refractivity contribution is 6.30. The monoisotopic (exact) mass is 378 g/mol. The second-order valence-electron chi connectivity index (χ2n) is 8.41. The van der Waals surface area contributed by atoms with E-state index < -0.39 is 5.54 Å². The molecule has 2 aliphatic rings. The van der Waals surface area contributed by atoms with Crippen LogP contribution in [0, 0.1) is 11.3 Å². The van der Waals surface area contributed by atoms with E-state index in [-0.39, 0.29) is 17.4 Å². The Morgan fingerprint density at radius 2 is 1.96 bits per heavy atom. The number of ether oxygens (including phenoxy) is 1. The lowest BCUT2D eigenvalue weighted by molar-refractivity contribution is -0.179. The summed E-state index contributed by atoms with van der Waals surface area (Å²) in [4.78, 5) is 15.4. The Bertz CT molecular complexity index is 642. The number of benzene rings is 1. The molecule has 0 aromatic heterocycles. The molecule has 2 atom stereocenters. The summed E-state index contributed by atoms with van der Waals surface area (Å²) in [5, 5.41) is 0.735. The number of carbonyl (C=O) groups excluding carboxylic acids is 1. The number of nitrogens with two attached hydrogens (primary N) is 1. The van der Waals surface area contributed by atoms with Gasteiger partial charge in [-0.1, -0.05) is 37.6 Å². The normalized spacial score (nSPS) is 27.0. The molecule has 2 fully saturated rings.